The minimum Gasteiger partial charge on any atom is -0.310 e. The van der Waals surface area contributed by atoms with Crippen molar-refractivity contribution in [2.45, 2.75) is 57.5 Å². The first-order chi connectivity index (χ1) is 10.3. The molecule has 1 N–H and O–H groups in total. The zero-order chi connectivity index (χ0) is 14.9. The third kappa shape index (κ3) is 6.89. The molecule has 2 aliphatic heterocycles. The Labute approximate surface area is 136 Å². The van der Waals surface area contributed by atoms with E-state index in [4.69, 9.17) is 0 Å². The monoisotopic (exact) mass is 313 g/mol. The molecular formula is C17H35N3S. The molecule has 2 saturated heterocycles. The van der Waals surface area contributed by atoms with E-state index in [0.29, 0.717) is 6.04 Å². The normalized spacial score (nSPS) is 24.9. The first-order valence-corrected chi connectivity index (χ1v) is 10.4. The van der Waals surface area contributed by atoms with Crippen molar-refractivity contribution in [1.29, 1.82) is 0 Å². The molecule has 0 radical (unpaired) electrons. The van der Waals surface area contributed by atoms with E-state index in [2.05, 4.69) is 28.3 Å². The predicted molar refractivity (Wildman–Crippen MR) is 95.3 cm³/mol. The maximum atomic E-state index is 3.89. The molecule has 2 rings (SSSR count). The van der Waals surface area contributed by atoms with Gasteiger partial charge in [0.15, 0.2) is 0 Å². The summed E-state index contributed by atoms with van der Waals surface area (Å²) in [7, 11) is 0. The predicted octanol–water partition coefficient (Wildman–Crippen LogP) is 2.67. The van der Waals surface area contributed by atoms with Crippen LogP contribution in [-0.2, 0) is 0 Å². The van der Waals surface area contributed by atoms with Crippen molar-refractivity contribution < 1.29 is 0 Å². The maximum Gasteiger partial charge on any atom is 0.0169 e. The summed E-state index contributed by atoms with van der Waals surface area (Å²) in [5, 5.41) is 3.89. The molecule has 21 heavy (non-hydrogen) atoms. The van der Waals surface area contributed by atoms with Gasteiger partial charge >= 0.3 is 0 Å². The van der Waals surface area contributed by atoms with Crippen LogP contribution in [0.3, 0.4) is 0 Å². The lowest BCUT2D eigenvalue weighted by Crippen LogP contribution is -2.49. The van der Waals surface area contributed by atoms with Crippen molar-refractivity contribution in [3.05, 3.63) is 0 Å². The van der Waals surface area contributed by atoms with Gasteiger partial charge in [-0.05, 0) is 65.0 Å². The summed E-state index contributed by atoms with van der Waals surface area (Å²) in [4.78, 5) is 5.31. The zero-order valence-electron chi connectivity index (χ0n) is 14.1. The molecule has 1 atom stereocenters. The smallest absolute Gasteiger partial charge is 0.0169 e. The molecule has 0 aromatic heterocycles. The quantitative estimate of drug-likeness (QED) is 0.778. The Hall–Kier alpha value is 0.230. The van der Waals surface area contributed by atoms with Gasteiger partial charge in [0.25, 0.3) is 0 Å². The fraction of sp³-hybridized carbons (Fsp3) is 1.00. The second kappa shape index (κ2) is 10.1. The topological polar surface area (TPSA) is 18.5 Å². The van der Waals surface area contributed by atoms with Crippen molar-refractivity contribution >= 4 is 11.8 Å². The molecule has 0 aliphatic carbocycles. The molecule has 0 aromatic carbocycles. The number of rotatable bonds is 7. The number of likely N-dealkylation sites (tertiary alicyclic amines) is 2. The van der Waals surface area contributed by atoms with Crippen LogP contribution in [0.15, 0.2) is 0 Å². The average Bonchev–Trinajstić information content (AvgIpc) is 2.75. The van der Waals surface area contributed by atoms with Crippen LogP contribution >= 0.6 is 11.8 Å². The summed E-state index contributed by atoms with van der Waals surface area (Å²) < 4.78 is 0. The van der Waals surface area contributed by atoms with Crippen LogP contribution in [-0.4, -0.2) is 73.2 Å². The van der Waals surface area contributed by atoms with Crippen LogP contribution in [0.1, 0.15) is 45.4 Å². The number of thioether (sulfide) groups is 1. The second-order valence-corrected chi connectivity index (χ2v) is 7.88. The average molecular weight is 314 g/mol. The van der Waals surface area contributed by atoms with E-state index in [0.717, 1.165) is 6.04 Å². The van der Waals surface area contributed by atoms with Crippen molar-refractivity contribution in [3.63, 3.8) is 0 Å². The van der Waals surface area contributed by atoms with Crippen LogP contribution in [0.4, 0.5) is 0 Å². The standard InChI is InChI=1S/C17H35N3S/c1-16(15-20-9-5-3-4-6-10-20)18-17-7-11-19(12-8-17)13-14-21-2/h16-18H,3-15H2,1-2H3. The highest BCUT2D eigenvalue weighted by atomic mass is 32.2. The number of nitrogens with zero attached hydrogens (tertiary/aromatic N) is 2. The van der Waals surface area contributed by atoms with E-state index in [1.807, 2.05) is 11.8 Å². The Bertz CT molecular complexity index is 259. The molecule has 2 heterocycles. The SMILES string of the molecule is CSCCN1CCC(NC(C)CN2CCCCCC2)CC1. The molecule has 0 saturated carbocycles. The molecule has 0 amide bonds. The molecule has 0 aromatic rings. The number of hydrogen-bond acceptors (Lipinski definition) is 4. The summed E-state index contributed by atoms with van der Waals surface area (Å²) in [6, 6.07) is 1.39. The molecule has 0 spiro atoms. The van der Waals surface area contributed by atoms with Crippen LogP contribution < -0.4 is 5.32 Å². The third-order valence-electron chi connectivity index (χ3n) is 4.95. The van der Waals surface area contributed by atoms with E-state index in [9.17, 15) is 0 Å². The maximum absolute atomic E-state index is 3.89. The Morgan fingerprint density at radius 3 is 2.29 bits per heavy atom. The Morgan fingerprint density at radius 2 is 1.67 bits per heavy atom. The summed E-state index contributed by atoms with van der Waals surface area (Å²) in [5.74, 6) is 1.28. The Morgan fingerprint density at radius 1 is 1.00 bits per heavy atom. The lowest BCUT2D eigenvalue weighted by Gasteiger charge is -2.35. The van der Waals surface area contributed by atoms with E-state index < -0.39 is 0 Å². The second-order valence-electron chi connectivity index (χ2n) is 6.89. The minimum absolute atomic E-state index is 0.644. The summed E-state index contributed by atoms with van der Waals surface area (Å²) in [5.41, 5.74) is 0. The number of nitrogens with one attached hydrogen (secondary N) is 1. The van der Waals surface area contributed by atoms with Crippen LogP contribution in [0.5, 0.6) is 0 Å². The van der Waals surface area contributed by atoms with Gasteiger partial charge in [-0.3, -0.25) is 0 Å². The van der Waals surface area contributed by atoms with Gasteiger partial charge in [0.05, 0.1) is 0 Å². The fourth-order valence-electron chi connectivity index (χ4n) is 3.70. The Balaban J connectivity index is 1.61. The molecule has 1 unspecified atom stereocenters. The Kier molecular flexibility index (Phi) is 8.45. The third-order valence-corrected chi connectivity index (χ3v) is 5.54. The van der Waals surface area contributed by atoms with Crippen molar-refractivity contribution in [2.24, 2.45) is 0 Å². The summed E-state index contributed by atoms with van der Waals surface area (Å²) in [6.45, 7) is 10.1. The molecule has 0 bridgehead atoms. The minimum atomic E-state index is 0.644. The van der Waals surface area contributed by atoms with Crippen LogP contribution in [0.2, 0.25) is 0 Å². The highest BCUT2D eigenvalue weighted by Gasteiger charge is 2.21. The fourth-order valence-corrected chi connectivity index (χ4v) is 4.15. The number of hydrogen-bond donors (Lipinski definition) is 1. The first-order valence-electron chi connectivity index (χ1n) is 8.97. The number of piperidine rings is 1. The van der Waals surface area contributed by atoms with E-state index in [1.54, 1.807) is 0 Å². The van der Waals surface area contributed by atoms with E-state index in [1.165, 1.54) is 83.5 Å². The molecular weight excluding hydrogens is 278 g/mol. The van der Waals surface area contributed by atoms with Crippen molar-refractivity contribution in [3.8, 4) is 0 Å². The van der Waals surface area contributed by atoms with Gasteiger partial charge in [0.1, 0.15) is 0 Å². The molecule has 124 valence electrons. The van der Waals surface area contributed by atoms with Crippen LogP contribution in [0, 0.1) is 0 Å². The molecule has 2 fully saturated rings. The highest BCUT2D eigenvalue weighted by molar-refractivity contribution is 7.98. The van der Waals surface area contributed by atoms with Gasteiger partial charge in [0, 0.05) is 30.9 Å². The van der Waals surface area contributed by atoms with Gasteiger partial charge in [-0.2, -0.15) is 11.8 Å². The first kappa shape index (κ1) is 17.6. The molecule has 4 heteroatoms. The van der Waals surface area contributed by atoms with Gasteiger partial charge in [0.2, 0.25) is 0 Å². The molecule has 3 nitrogen and oxygen atoms in total. The zero-order valence-corrected chi connectivity index (χ0v) is 15.0. The van der Waals surface area contributed by atoms with Gasteiger partial charge in [-0.15, -0.1) is 0 Å². The summed E-state index contributed by atoms with van der Waals surface area (Å²) in [6.07, 6.45) is 10.6. The van der Waals surface area contributed by atoms with Gasteiger partial charge < -0.3 is 15.1 Å². The van der Waals surface area contributed by atoms with E-state index >= 15 is 0 Å². The lowest BCUT2D eigenvalue weighted by atomic mass is 10.0. The van der Waals surface area contributed by atoms with Crippen molar-refractivity contribution in [1.82, 2.24) is 15.1 Å². The van der Waals surface area contributed by atoms with Gasteiger partial charge in [-0.25, -0.2) is 0 Å². The highest BCUT2D eigenvalue weighted by Crippen LogP contribution is 2.13. The molecule has 2 aliphatic rings. The van der Waals surface area contributed by atoms with Crippen LogP contribution in [0.25, 0.3) is 0 Å². The van der Waals surface area contributed by atoms with Crippen molar-refractivity contribution in [2.75, 3.05) is 51.3 Å². The van der Waals surface area contributed by atoms with Gasteiger partial charge in [-0.1, -0.05) is 12.8 Å². The largest absolute Gasteiger partial charge is 0.310 e. The summed E-state index contributed by atoms with van der Waals surface area (Å²) >= 11 is 1.97. The van der Waals surface area contributed by atoms with E-state index in [-0.39, 0.29) is 0 Å². The lowest BCUT2D eigenvalue weighted by molar-refractivity contribution is 0.187.